The summed E-state index contributed by atoms with van der Waals surface area (Å²) in [4.78, 5) is 0. The predicted molar refractivity (Wildman–Crippen MR) is 33.4 cm³/mol. The van der Waals surface area contributed by atoms with E-state index in [0.29, 0.717) is 0 Å². The van der Waals surface area contributed by atoms with Crippen molar-refractivity contribution < 1.29 is 4.74 Å². The Morgan fingerprint density at radius 2 is 2.29 bits per heavy atom. The topological polar surface area (TPSA) is 21.3 Å². The molecule has 0 amide bonds. The van der Waals surface area contributed by atoms with Gasteiger partial charge in [-0.2, -0.15) is 0 Å². The average Bonchev–Trinajstić information content (AvgIpc) is 1.72. The summed E-state index contributed by atoms with van der Waals surface area (Å²) in [6.07, 6.45) is 1.99. The van der Waals surface area contributed by atoms with Crippen molar-refractivity contribution in [2.24, 2.45) is 0 Å². The van der Waals surface area contributed by atoms with Crippen molar-refractivity contribution in [2.75, 3.05) is 20.4 Å². The van der Waals surface area contributed by atoms with E-state index in [1.54, 1.807) is 18.9 Å². The molecule has 0 saturated carbocycles. The Morgan fingerprint density at radius 1 is 1.71 bits per heavy atom. The van der Waals surface area contributed by atoms with Gasteiger partial charge >= 0.3 is 0 Å². The summed E-state index contributed by atoms with van der Waals surface area (Å²) in [5, 5.41) is 2.94. The van der Waals surface area contributed by atoms with Crippen LogP contribution in [0.25, 0.3) is 0 Å². The van der Waals surface area contributed by atoms with Crippen molar-refractivity contribution in [3.05, 3.63) is 0 Å². The maximum atomic E-state index is 4.90. The number of methoxy groups -OCH3 is 1. The van der Waals surface area contributed by atoms with Gasteiger partial charge in [0.25, 0.3) is 0 Å². The Morgan fingerprint density at radius 3 is 2.29 bits per heavy atom. The molecule has 0 fully saturated rings. The van der Waals surface area contributed by atoms with Crippen molar-refractivity contribution in [2.45, 2.75) is 5.56 Å². The molecule has 0 saturated heterocycles. The van der Waals surface area contributed by atoms with Gasteiger partial charge in [0, 0.05) is 7.11 Å². The predicted octanol–water partition coefficient (Wildman–Crippen LogP) is 0.499. The van der Waals surface area contributed by atoms with Crippen molar-refractivity contribution in [1.82, 2.24) is 5.32 Å². The fourth-order valence-corrected chi connectivity index (χ4v) is 0.760. The molecule has 0 heterocycles. The number of hydrogen-bond acceptors (Lipinski definition) is 3. The molecule has 3 heteroatoms. The molecule has 0 aromatic carbocycles. The average molecular weight is 121 g/mol. The molecule has 0 aromatic rings. The molecular weight excluding hydrogens is 110 g/mol. The molecule has 1 atom stereocenters. The normalized spacial score (nSPS) is 14.1. The maximum Gasteiger partial charge on any atom is 0.155 e. The lowest BCUT2D eigenvalue weighted by Gasteiger charge is -2.08. The van der Waals surface area contributed by atoms with E-state index < -0.39 is 0 Å². The van der Waals surface area contributed by atoms with Crippen LogP contribution in [0.3, 0.4) is 0 Å². The summed E-state index contributed by atoms with van der Waals surface area (Å²) >= 11 is 1.64. The first kappa shape index (κ1) is 7.27. The summed E-state index contributed by atoms with van der Waals surface area (Å²) in [7, 11) is 3.54. The van der Waals surface area contributed by atoms with Crippen molar-refractivity contribution in [1.29, 1.82) is 0 Å². The fraction of sp³-hybridized carbons (Fsp3) is 1.00. The lowest BCUT2D eigenvalue weighted by Crippen LogP contribution is -2.22. The monoisotopic (exact) mass is 121 g/mol. The minimum Gasteiger partial charge on any atom is -0.357 e. The highest BCUT2D eigenvalue weighted by atomic mass is 32.2. The quantitative estimate of drug-likeness (QED) is 0.549. The molecule has 2 nitrogen and oxygen atoms in total. The molecule has 7 heavy (non-hydrogen) atoms. The minimum atomic E-state index is 0.153. The van der Waals surface area contributed by atoms with Gasteiger partial charge in [0.05, 0.1) is 0 Å². The lowest BCUT2D eigenvalue weighted by atomic mass is 11.1. The largest absolute Gasteiger partial charge is 0.357 e. The highest BCUT2D eigenvalue weighted by molar-refractivity contribution is 7.99. The Hall–Kier alpha value is 0.270. The van der Waals surface area contributed by atoms with Crippen LogP contribution in [0, 0.1) is 0 Å². The second-order valence-corrected chi connectivity index (χ2v) is 1.99. The van der Waals surface area contributed by atoms with Crippen molar-refractivity contribution in [3.8, 4) is 0 Å². The summed E-state index contributed by atoms with van der Waals surface area (Å²) in [6.45, 7) is 0. The molecule has 0 spiro atoms. The SMILES string of the molecule is CNC(OC)SC. The van der Waals surface area contributed by atoms with Gasteiger partial charge in [0.15, 0.2) is 5.56 Å². The van der Waals surface area contributed by atoms with E-state index in [2.05, 4.69) is 5.32 Å². The van der Waals surface area contributed by atoms with E-state index in [1.807, 2.05) is 13.3 Å². The molecule has 0 aliphatic carbocycles. The van der Waals surface area contributed by atoms with Crippen LogP contribution in [-0.4, -0.2) is 26.0 Å². The smallest absolute Gasteiger partial charge is 0.155 e. The first-order valence-electron chi connectivity index (χ1n) is 2.08. The van der Waals surface area contributed by atoms with E-state index in [9.17, 15) is 0 Å². The highest BCUT2D eigenvalue weighted by Gasteiger charge is 1.95. The van der Waals surface area contributed by atoms with Gasteiger partial charge in [-0.15, -0.1) is 11.8 Å². The summed E-state index contributed by atoms with van der Waals surface area (Å²) < 4.78 is 4.90. The van der Waals surface area contributed by atoms with Crippen LogP contribution in [0.1, 0.15) is 0 Å². The zero-order valence-electron chi connectivity index (χ0n) is 4.89. The van der Waals surface area contributed by atoms with Crippen LogP contribution in [-0.2, 0) is 4.74 Å². The molecule has 0 aliphatic heterocycles. The number of rotatable bonds is 3. The molecular formula is C4H11NOS. The molecule has 0 radical (unpaired) electrons. The van der Waals surface area contributed by atoms with Gasteiger partial charge in [-0.25, -0.2) is 0 Å². The number of hydrogen-bond donors (Lipinski definition) is 1. The summed E-state index contributed by atoms with van der Waals surface area (Å²) in [6, 6.07) is 0. The van der Waals surface area contributed by atoms with Crippen molar-refractivity contribution in [3.63, 3.8) is 0 Å². The lowest BCUT2D eigenvalue weighted by molar-refractivity contribution is 0.153. The zero-order chi connectivity index (χ0) is 5.70. The van der Waals surface area contributed by atoms with Gasteiger partial charge in [-0.05, 0) is 13.3 Å². The molecule has 1 N–H and O–H groups in total. The fourth-order valence-electron chi connectivity index (χ4n) is 0.332. The van der Waals surface area contributed by atoms with Crippen LogP contribution in [0.5, 0.6) is 0 Å². The van der Waals surface area contributed by atoms with Gasteiger partial charge in [0.2, 0.25) is 0 Å². The molecule has 1 unspecified atom stereocenters. The Bertz CT molecular complexity index is 33.2. The maximum absolute atomic E-state index is 4.90. The first-order chi connectivity index (χ1) is 3.35. The number of thioether (sulfide) groups is 1. The zero-order valence-corrected chi connectivity index (χ0v) is 5.71. The summed E-state index contributed by atoms with van der Waals surface area (Å²) in [5.41, 5.74) is 0.153. The Labute approximate surface area is 48.6 Å². The molecule has 44 valence electrons. The Kier molecular flexibility index (Phi) is 4.60. The van der Waals surface area contributed by atoms with Crippen LogP contribution in [0.4, 0.5) is 0 Å². The van der Waals surface area contributed by atoms with Gasteiger partial charge < -0.3 is 4.74 Å². The molecule has 0 aliphatic rings. The van der Waals surface area contributed by atoms with Gasteiger partial charge in [-0.3, -0.25) is 5.32 Å². The third kappa shape index (κ3) is 2.91. The highest BCUT2D eigenvalue weighted by Crippen LogP contribution is 1.99. The van der Waals surface area contributed by atoms with Crippen LogP contribution >= 0.6 is 11.8 Å². The second kappa shape index (κ2) is 4.43. The van der Waals surface area contributed by atoms with E-state index >= 15 is 0 Å². The van der Waals surface area contributed by atoms with Crippen LogP contribution < -0.4 is 5.32 Å². The molecule has 0 bridgehead atoms. The summed E-state index contributed by atoms with van der Waals surface area (Å²) in [5.74, 6) is 0. The second-order valence-electron chi connectivity index (χ2n) is 1.09. The van der Waals surface area contributed by atoms with E-state index in [-0.39, 0.29) is 5.56 Å². The third-order valence-corrected chi connectivity index (χ3v) is 1.52. The molecule has 0 rings (SSSR count). The third-order valence-electron chi connectivity index (χ3n) is 0.664. The van der Waals surface area contributed by atoms with E-state index in [0.717, 1.165) is 0 Å². The van der Waals surface area contributed by atoms with E-state index in [1.165, 1.54) is 0 Å². The van der Waals surface area contributed by atoms with Crippen LogP contribution in [0.2, 0.25) is 0 Å². The minimum absolute atomic E-state index is 0.153. The van der Waals surface area contributed by atoms with E-state index in [4.69, 9.17) is 4.74 Å². The van der Waals surface area contributed by atoms with Gasteiger partial charge in [0.1, 0.15) is 0 Å². The van der Waals surface area contributed by atoms with Crippen molar-refractivity contribution >= 4 is 11.8 Å². The first-order valence-corrected chi connectivity index (χ1v) is 3.36. The van der Waals surface area contributed by atoms with Crippen LogP contribution in [0.15, 0.2) is 0 Å². The number of ether oxygens (including phenoxy) is 1. The molecule has 0 aromatic heterocycles. The number of nitrogens with one attached hydrogen (secondary N) is 1. The van der Waals surface area contributed by atoms with Gasteiger partial charge in [-0.1, -0.05) is 0 Å². The standard InChI is InChI=1S/C4H11NOS/c1-5-4(6-2)7-3/h4-5H,1-3H3. The Balaban J connectivity index is 2.99.